The van der Waals surface area contributed by atoms with Gasteiger partial charge in [-0.25, -0.2) is 15.1 Å². The fraction of sp³-hybridized carbons (Fsp3) is 0.625. The molecule has 0 aliphatic carbocycles. The molecule has 1 unspecified atom stereocenters. The third-order valence-corrected chi connectivity index (χ3v) is 6.29. The number of hydrogen-bond acceptors (Lipinski definition) is 6. The van der Waals surface area contributed by atoms with Crippen LogP contribution >= 0.6 is 0 Å². The number of fused-ring (bicyclic) bond motifs is 2. The van der Waals surface area contributed by atoms with E-state index in [1.165, 1.54) is 5.06 Å². The lowest BCUT2D eigenvalue weighted by Gasteiger charge is -2.30. The predicted molar refractivity (Wildman–Crippen MR) is 122 cm³/mol. The molecule has 0 saturated carbocycles. The molecular formula is C24H34N4O6. The van der Waals surface area contributed by atoms with Gasteiger partial charge in [0.2, 0.25) is 0 Å². The molecule has 4 amide bonds. The summed E-state index contributed by atoms with van der Waals surface area (Å²) in [6, 6.07) is 8.50. The Morgan fingerprint density at radius 1 is 1.12 bits per heavy atom. The molecule has 3 aliphatic heterocycles. The van der Waals surface area contributed by atoms with Crippen molar-refractivity contribution in [2.24, 2.45) is 0 Å². The maximum absolute atomic E-state index is 12.9. The van der Waals surface area contributed by atoms with E-state index in [0.717, 1.165) is 18.4 Å². The Labute approximate surface area is 200 Å². The van der Waals surface area contributed by atoms with Crippen molar-refractivity contribution in [3.8, 4) is 0 Å². The molecule has 2 bridgehead atoms. The highest BCUT2D eigenvalue weighted by molar-refractivity contribution is 5.88. The van der Waals surface area contributed by atoms with Gasteiger partial charge in [-0.3, -0.25) is 14.5 Å². The number of urea groups is 1. The Morgan fingerprint density at radius 3 is 2.62 bits per heavy atom. The van der Waals surface area contributed by atoms with Gasteiger partial charge in [0.15, 0.2) is 0 Å². The lowest BCUT2D eigenvalue weighted by molar-refractivity contribution is -0.141. The summed E-state index contributed by atoms with van der Waals surface area (Å²) in [5.74, 6) is -0.362. The molecule has 34 heavy (non-hydrogen) atoms. The van der Waals surface area contributed by atoms with E-state index in [0.29, 0.717) is 32.5 Å². The van der Waals surface area contributed by atoms with Crippen molar-refractivity contribution in [1.29, 1.82) is 0 Å². The molecule has 1 N–H and O–H groups in total. The molecule has 10 heteroatoms. The van der Waals surface area contributed by atoms with E-state index >= 15 is 0 Å². The molecule has 4 rings (SSSR count). The van der Waals surface area contributed by atoms with Crippen LogP contribution < -0.4 is 5.48 Å². The minimum atomic E-state index is -0.611. The first-order valence-corrected chi connectivity index (χ1v) is 11.9. The predicted octanol–water partition coefficient (Wildman–Crippen LogP) is 2.83. The summed E-state index contributed by atoms with van der Waals surface area (Å²) in [5, 5.41) is 1.40. The number of carbonyl (C=O) groups excluding carboxylic acids is 3. The number of nitrogens with one attached hydrogen (secondary N) is 1. The topological polar surface area (TPSA) is 101 Å². The highest BCUT2D eigenvalue weighted by atomic mass is 16.7. The highest BCUT2D eigenvalue weighted by Crippen LogP contribution is 2.30. The number of hydroxylamine groups is 3. The van der Waals surface area contributed by atoms with Gasteiger partial charge >= 0.3 is 12.1 Å². The first-order valence-electron chi connectivity index (χ1n) is 11.9. The molecule has 0 radical (unpaired) electrons. The molecule has 0 spiro atoms. The average molecular weight is 475 g/mol. The van der Waals surface area contributed by atoms with Gasteiger partial charge in [0, 0.05) is 13.1 Å². The van der Waals surface area contributed by atoms with Gasteiger partial charge in [-0.05, 0) is 52.0 Å². The normalized spacial score (nSPS) is 24.5. The fourth-order valence-corrected chi connectivity index (χ4v) is 4.64. The summed E-state index contributed by atoms with van der Waals surface area (Å²) in [4.78, 5) is 52.6. The molecule has 3 heterocycles. The zero-order chi connectivity index (χ0) is 24.3. The number of hydrogen-bond donors (Lipinski definition) is 1. The molecule has 1 aromatic carbocycles. The van der Waals surface area contributed by atoms with Gasteiger partial charge in [-0.2, -0.15) is 5.06 Å². The van der Waals surface area contributed by atoms with Crippen molar-refractivity contribution in [3.05, 3.63) is 35.9 Å². The second-order valence-electron chi connectivity index (χ2n) is 10.0. The average Bonchev–Trinajstić information content (AvgIpc) is 3.35. The number of benzene rings is 1. The lowest BCUT2D eigenvalue weighted by atomic mass is 10.0. The molecule has 3 aliphatic rings. The number of carbonyl (C=O) groups is 3. The van der Waals surface area contributed by atoms with Crippen LogP contribution in [0.3, 0.4) is 0 Å². The summed E-state index contributed by atoms with van der Waals surface area (Å²) in [6.07, 6.45) is 2.46. The smallest absolute Gasteiger partial charge is 0.410 e. The van der Waals surface area contributed by atoms with Crippen LogP contribution in [0.1, 0.15) is 52.0 Å². The van der Waals surface area contributed by atoms with Crippen LogP contribution in [0.4, 0.5) is 9.59 Å². The van der Waals surface area contributed by atoms with Crippen LogP contribution in [0.5, 0.6) is 0 Å². The van der Waals surface area contributed by atoms with Gasteiger partial charge in [0.1, 0.15) is 18.2 Å². The number of rotatable bonds is 7. The lowest BCUT2D eigenvalue weighted by Crippen LogP contribution is -2.50. The van der Waals surface area contributed by atoms with Gasteiger partial charge in [-0.15, -0.1) is 0 Å². The molecular weight excluding hydrogens is 440 g/mol. The van der Waals surface area contributed by atoms with Crippen LogP contribution in [0.2, 0.25) is 0 Å². The fourth-order valence-electron chi connectivity index (χ4n) is 4.64. The SMILES string of the molecule is CC(C)(C)OC(=O)N1CCCC1CONC(=O)[C@@H]1CC[C@@H]2CN1C(=O)N2OCc1ccccc1. The quantitative estimate of drug-likeness (QED) is 0.610. The Kier molecular flexibility index (Phi) is 7.27. The van der Waals surface area contributed by atoms with E-state index < -0.39 is 11.6 Å². The second kappa shape index (κ2) is 10.2. The third kappa shape index (κ3) is 5.61. The zero-order valence-electron chi connectivity index (χ0n) is 20.1. The first-order chi connectivity index (χ1) is 16.2. The first kappa shape index (κ1) is 24.3. The number of nitrogens with zero attached hydrogens (tertiary/aromatic N) is 3. The Balaban J connectivity index is 1.25. The van der Waals surface area contributed by atoms with E-state index in [1.807, 2.05) is 51.1 Å². The van der Waals surface area contributed by atoms with Crippen LogP contribution in [-0.2, 0) is 25.8 Å². The van der Waals surface area contributed by atoms with E-state index in [2.05, 4.69) is 5.48 Å². The monoisotopic (exact) mass is 474 g/mol. The van der Waals surface area contributed by atoms with Crippen LogP contribution in [0, 0.1) is 0 Å². The number of likely N-dealkylation sites (tertiary alicyclic amines) is 1. The van der Waals surface area contributed by atoms with Crippen molar-refractivity contribution in [2.45, 2.75) is 76.8 Å². The van der Waals surface area contributed by atoms with Gasteiger partial charge in [0.25, 0.3) is 5.91 Å². The van der Waals surface area contributed by atoms with Gasteiger partial charge in [0.05, 0.1) is 18.7 Å². The van der Waals surface area contributed by atoms with E-state index in [-0.39, 0.29) is 36.7 Å². The summed E-state index contributed by atoms with van der Waals surface area (Å²) < 4.78 is 5.46. The van der Waals surface area contributed by atoms with E-state index in [4.69, 9.17) is 14.4 Å². The second-order valence-corrected chi connectivity index (χ2v) is 10.0. The molecule has 1 aromatic rings. The van der Waals surface area contributed by atoms with Crippen molar-refractivity contribution >= 4 is 18.0 Å². The van der Waals surface area contributed by atoms with E-state index in [1.54, 1.807) is 9.80 Å². The number of ether oxygens (including phenoxy) is 1. The highest BCUT2D eigenvalue weighted by Gasteiger charge is 2.48. The minimum absolute atomic E-state index is 0.0675. The number of amides is 4. The van der Waals surface area contributed by atoms with Crippen molar-refractivity contribution in [2.75, 3.05) is 19.7 Å². The van der Waals surface area contributed by atoms with Crippen LogP contribution in [0.15, 0.2) is 30.3 Å². The van der Waals surface area contributed by atoms with Crippen LogP contribution in [-0.4, -0.2) is 76.3 Å². The standard InChI is InChI=1S/C24H34N4O6/c1-24(2,3)34-23(31)26-13-7-10-19(26)16-32-25-21(29)20-12-11-18-14-27(20)22(30)28(18)33-15-17-8-5-4-6-9-17/h4-6,8-9,18-20H,7,10-16H2,1-3H3,(H,25,29)/t18-,19?,20+/m1/s1. The maximum atomic E-state index is 12.9. The molecule has 3 atom stereocenters. The molecule has 3 fully saturated rings. The Bertz CT molecular complexity index is 889. The Hall–Kier alpha value is -2.85. The van der Waals surface area contributed by atoms with Gasteiger partial charge < -0.3 is 14.5 Å². The molecule has 186 valence electrons. The third-order valence-electron chi connectivity index (χ3n) is 6.29. The van der Waals surface area contributed by atoms with Gasteiger partial charge in [-0.1, -0.05) is 30.3 Å². The zero-order valence-corrected chi connectivity index (χ0v) is 20.1. The molecule has 3 saturated heterocycles. The largest absolute Gasteiger partial charge is 0.444 e. The summed E-state index contributed by atoms with van der Waals surface area (Å²) >= 11 is 0. The summed E-state index contributed by atoms with van der Waals surface area (Å²) in [7, 11) is 0. The van der Waals surface area contributed by atoms with Crippen molar-refractivity contribution in [3.63, 3.8) is 0 Å². The molecule has 10 nitrogen and oxygen atoms in total. The summed E-state index contributed by atoms with van der Waals surface area (Å²) in [5.41, 5.74) is 2.90. The van der Waals surface area contributed by atoms with E-state index in [9.17, 15) is 14.4 Å². The minimum Gasteiger partial charge on any atom is -0.444 e. The van der Waals surface area contributed by atoms with Crippen LogP contribution in [0.25, 0.3) is 0 Å². The summed E-state index contributed by atoms with van der Waals surface area (Å²) in [6.45, 7) is 6.99. The maximum Gasteiger partial charge on any atom is 0.410 e. The number of piperidine rings is 1. The molecule has 0 aromatic heterocycles. The Morgan fingerprint density at radius 2 is 1.88 bits per heavy atom. The van der Waals surface area contributed by atoms with Crippen molar-refractivity contribution in [1.82, 2.24) is 20.3 Å². The van der Waals surface area contributed by atoms with Crippen molar-refractivity contribution < 1.29 is 28.8 Å².